The highest BCUT2D eigenvalue weighted by Gasteiger charge is 2.29. The molecule has 11 heteroatoms. The smallest absolute Gasteiger partial charge is 0.370 e. The molecule has 3 heterocycles. The Bertz CT molecular complexity index is 1260. The van der Waals surface area contributed by atoms with Crippen molar-refractivity contribution in [1.29, 1.82) is 0 Å². The van der Waals surface area contributed by atoms with Gasteiger partial charge in [-0.3, -0.25) is 9.80 Å². The first-order valence-electron chi connectivity index (χ1n) is 12.2. The molecule has 3 aliphatic heterocycles. The fraction of sp³-hybridized carbons (Fsp3) is 0.440. The van der Waals surface area contributed by atoms with Crippen LogP contribution in [0.5, 0.6) is 17.2 Å². The number of piperidine rings is 1. The second kappa shape index (κ2) is 10.4. The second-order valence-corrected chi connectivity index (χ2v) is 10.5. The number of hydrogen-bond acceptors (Lipinski definition) is 8. The van der Waals surface area contributed by atoms with Crippen LogP contribution in [0.3, 0.4) is 0 Å². The number of para-hydroxylation sites is 1. The normalized spacial score (nSPS) is 21.4. The summed E-state index contributed by atoms with van der Waals surface area (Å²) < 4.78 is 50.1. The molecule has 0 aliphatic carbocycles. The van der Waals surface area contributed by atoms with Crippen LogP contribution in [0.25, 0.3) is 0 Å². The number of ether oxygens (including phenoxy) is 3. The highest BCUT2D eigenvalue weighted by molar-refractivity contribution is 7.89. The van der Waals surface area contributed by atoms with Crippen LogP contribution in [0.2, 0.25) is 0 Å². The summed E-state index contributed by atoms with van der Waals surface area (Å²) in [7, 11) is -2.46. The zero-order valence-electron chi connectivity index (χ0n) is 20.5. The van der Waals surface area contributed by atoms with Crippen LogP contribution in [0.15, 0.2) is 51.3 Å². The summed E-state index contributed by atoms with van der Waals surface area (Å²) >= 11 is 0. The molecule has 1 fully saturated rings. The number of guanidine groups is 1. The van der Waals surface area contributed by atoms with Crippen molar-refractivity contribution >= 4 is 22.2 Å². The van der Waals surface area contributed by atoms with E-state index >= 15 is 0 Å². The second-order valence-electron chi connectivity index (χ2n) is 9.22. The van der Waals surface area contributed by atoms with Gasteiger partial charge in [0, 0.05) is 19.2 Å². The van der Waals surface area contributed by atoms with Crippen molar-refractivity contribution in [2.24, 2.45) is 8.80 Å². The highest BCUT2D eigenvalue weighted by Crippen LogP contribution is 2.36. The van der Waals surface area contributed by atoms with E-state index in [1.165, 1.54) is 24.2 Å². The van der Waals surface area contributed by atoms with Crippen LogP contribution in [-0.2, 0) is 16.8 Å². The predicted molar refractivity (Wildman–Crippen MR) is 137 cm³/mol. The summed E-state index contributed by atoms with van der Waals surface area (Å²) in [5, 5.41) is 3.07. The molecule has 0 aromatic heterocycles. The lowest BCUT2D eigenvalue weighted by Crippen LogP contribution is -2.50. The molecule has 0 bridgehead atoms. The third kappa shape index (κ3) is 5.73. The summed E-state index contributed by atoms with van der Waals surface area (Å²) in [6.45, 7) is 5.57. The molecule has 0 spiro atoms. The average molecular weight is 514 g/mol. The third-order valence-electron chi connectivity index (χ3n) is 6.33. The van der Waals surface area contributed by atoms with Crippen molar-refractivity contribution in [3.63, 3.8) is 0 Å². The number of nitrogens with one attached hydrogen (secondary N) is 1. The zero-order chi connectivity index (χ0) is 25.1. The van der Waals surface area contributed by atoms with E-state index < -0.39 is 10.2 Å². The monoisotopic (exact) mass is 513 g/mol. The molecule has 1 saturated heterocycles. The van der Waals surface area contributed by atoms with Crippen LogP contribution in [0.4, 0.5) is 0 Å². The molecule has 2 aromatic carbocycles. The molecule has 0 saturated carbocycles. The molecule has 1 atom stereocenters. The van der Waals surface area contributed by atoms with Crippen LogP contribution in [0.1, 0.15) is 30.4 Å². The summed E-state index contributed by atoms with van der Waals surface area (Å²) in [4.78, 5) is 3.90. The molecular weight excluding hydrogens is 482 g/mol. The SMILES string of the molecule is Cc1ccc(OC2=NS(=O)(=O)N=C(NCC3COc4cccc(CN5CCCCC5)c4O3)N2C)cc1. The van der Waals surface area contributed by atoms with Crippen molar-refractivity contribution in [2.75, 3.05) is 33.3 Å². The maximum absolute atomic E-state index is 12.3. The van der Waals surface area contributed by atoms with Crippen molar-refractivity contribution in [1.82, 2.24) is 15.1 Å². The molecule has 10 nitrogen and oxygen atoms in total. The summed E-state index contributed by atoms with van der Waals surface area (Å²) in [5.74, 6) is 2.06. The Morgan fingerprint density at radius 3 is 2.64 bits per heavy atom. The van der Waals surface area contributed by atoms with Crippen LogP contribution >= 0.6 is 0 Å². The molecule has 36 heavy (non-hydrogen) atoms. The summed E-state index contributed by atoms with van der Waals surface area (Å²) in [5.41, 5.74) is 2.16. The fourth-order valence-electron chi connectivity index (χ4n) is 4.37. The van der Waals surface area contributed by atoms with Gasteiger partial charge in [-0.25, -0.2) is 0 Å². The first kappa shape index (κ1) is 24.4. The minimum Gasteiger partial charge on any atom is -0.486 e. The number of fused-ring (bicyclic) bond motifs is 1. The van der Waals surface area contributed by atoms with E-state index in [0.29, 0.717) is 12.4 Å². The molecule has 192 valence electrons. The molecule has 2 aromatic rings. The van der Waals surface area contributed by atoms with Gasteiger partial charge in [-0.05, 0) is 51.1 Å². The zero-order valence-corrected chi connectivity index (χ0v) is 21.3. The molecular formula is C25H31N5O5S. The van der Waals surface area contributed by atoms with E-state index in [1.807, 2.05) is 31.2 Å². The fourth-order valence-corrected chi connectivity index (χ4v) is 5.18. The topological polar surface area (TPSA) is 105 Å². The van der Waals surface area contributed by atoms with Crippen molar-refractivity contribution in [3.05, 3.63) is 53.6 Å². The van der Waals surface area contributed by atoms with Crippen LogP contribution in [-0.4, -0.2) is 69.6 Å². The van der Waals surface area contributed by atoms with Crippen LogP contribution < -0.4 is 19.5 Å². The van der Waals surface area contributed by atoms with Gasteiger partial charge in [0.1, 0.15) is 18.5 Å². The van der Waals surface area contributed by atoms with Crippen molar-refractivity contribution < 1.29 is 22.6 Å². The Hall–Kier alpha value is -3.31. The maximum Gasteiger partial charge on any atom is 0.370 e. The number of hydrogen-bond donors (Lipinski definition) is 1. The summed E-state index contributed by atoms with van der Waals surface area (Å²) in [6.07, 6.45) is 3.39. The van der Waals surface area contributed by atoms with E-state index in [4.69, 9.17) is 14.2 Å². The molecule has 0 amide bonds. The lowest BCUT2D eigenvalue weighted by atomic mass is 10.1. The number of likely N-dealkylation sites (tertiary alicyclic amines) is 1. The van der Waals surface area contributed by atoms with Gasteiger partial charge >= 0.3 is 16.2 Å². The first-order chi connectivity index (χ1) is 17.4. The minimum absolute atomic E-state index is 0.0914. The van der Waals surface area contributed by atoms with E-state index in [9.17, 15) is 8.42 Å². The van der Waals surface area contributed by atoms with Gasteiger partial charge in [0.25, 0.3) is 0 Å². The van der Waals surface area contributed by atoms with Gasteiger partial charge in [0.15, 0.2) is 11.5 Å². The Morgan fingerprint density at radius 1 is 1.08 bits per heavy atom. The summed E-state index contributed by atoms with van der Waals surface area (Å²) in [6, 6.07) is 13.1. The standard InChI is InChI=1S/C25H31N5O5S/c1-18-9-11-20(12-10-18)35-25-28-36(31,32)27-24(29(25)2)26-15-21-17-33-22-8-6-7-19(23(22)34-21)16-30-13-4-3-5-14-30/h6-12,21H,3-5,13-17H2,1-2H3,(H,26,27). The van der Waals surface area contributed by atoms with Gasteiger partial charge < -0.3 is 19.5 Å². The van der Waals surface area contributed by atoms with Gasteiger partial charge in [-0.1, -0.05) is 40.6 Å². The van der Waals surface area contributed by atoms with Crippen molar-refractivity contribution in [3.8, 4) is 17.2 Å². The number of rotatable bonds is 5. The lowest BCUT2D eigenvalue weighted by molar-refractivity contribution is 0.0901. The first-order valence-corrected chi connectivity index (χ1v) is 13.6. The Morgan fingerprint density at radius 2 is 1.86 bits per heavy atom. The van der Waals surface area contributed by atoms with Gasteiger partial charge in [0.05, 0.1) is 6.54 Å². The van der Waals surface area contributed by atoms with E-state index in [0.717, 1.165) is 42.3 Å². The van der Waals surface area contributed by atoms with Crippen LogP contribution in [0, 0.1) is 6.92 Å². The van der Waals surface area contributed by atoms with Gasteiger partial charge in [-0.2, -0.15) is 8.42 Å². The largest absolute Gasteiger partial charge is 0.486 e. The Kier molecular flexibility index (Phi) is 7.01. The Balaban J connectivity index is 1.24. The average Bonchev–Trinajstić information content (AvgIpc) is 2.87. The number of nitrogens with zero attached hydrogens (tertiary/aromatic N) is 4. The molecule has 3 aliphatic rings. The van der Waals surface area contributed by atoms with Gasteiger partial charge in [-0.15, -0.1) is 4.40 Å². The molecule has 1 unspecified atom stereocenters. The molecule has 1 N–H and O–H groups in total. The molecule has 0 radical (unpaired) electrons. The maximum atomic E-state index is 12.3. The number of benzene rings is 2. The van der Waals surface area contributed by atoms with Crippen molar-refractivity contribution in [2.45, 2.75) is 38.8 Å². The number of aryl methyl sites for hydroxylation is 1. The van der Waals surface area contributed by atoms with E-state index in [2.05, 4.69) is 25.1 Å². The lowest BCUT2D eigenvalue weighted by Gasteiger charge is -2.32. The Labute approximate surface area is 211 Å². The van der Waals surface area contributed by atoms with Gasteiger partial charge in [0.2, 0.25) is 5.96 Å². The third-order valence-corrected chi connectivity index (χ3v) is 7.12. The quantitative estimate of drug-likeness (QED) is 0.651. The predicted octanol–water partition coefficient (Wildman–Crippen LogP) is 2.69. The highest BCUT2D eigenvalue weighted by atomic mass is 32.2. The molecule has 5 rings (SSSR count). The minimum atomic E-state index is -4.10. The van der Waals surface area contributed by atoms with E-state index in [1.54, 1.807) is 19.2 Å². The number of amidine groups is 1. The van der Waals surface area contributed by atoms with E-state index in [-0.39, 0.29) is 24.6 Å².